The first-order valence-corrected chi connectivity index (χ1v) is 7.64. The largest absolute Gasteiger partial charge is 0.466 e. The number of ether oxygens (including phenoxy) is 1. The summed E-state index contributed by atoms with van der Waals surface area (Å²) in [6.45, 7) is 9.36. The second-order valence-corrected chi connectivity index (χ2v) is 6.73. The van der Waals surface area contributed by atoms with Crippen molar-refractivity contribution < 1.29 is 14.6 Å². The molecule has 1 N–H and O–H groups in total. The third kappa shape index (κ3) is 3.71. The molecule has 1 fully saturated rings. The van der Waals surface area contributed by atoms with Crippen LogP contribution in [0.25, 0.3) is 0 Å². The molecule has 0 aromatic heterocycles. The van der Waals surface area contributed by atoms with E-state index in [9.17, 15) is 9.90 Å². The third-order valence-corrected chi connectivity index (χ3v) is 5.46. The molecule has 19 heavy (non-hydrogen) atoms. The summed E-state index contributed by atoms with van der Waals surface area (Å²) >= 11 is 0. The number of aliphatic hydroxyl groups excluding tert-OH is 1. The molecule has 0 heterocycles. The van der Waals surface area contributed by atoms with Crippen LogP contribution in [-0.2, 0) is 9.53 Å². The molecule has 0 saturated heterocycles. The molecule has 1 saturated carbocycles. The minimum Gasteiger partial charge on any atom is -0.466 e. The number of hydrogen-bond acceptors (Lipinski definition) is 3. The molecule has 0 aromatic carbocycles. The van der Waals surface area contributed by atoms with Gasteiger partial charge >= 0.3 is 5.97 Å². The van der Waals surface area contributed by atoms with Crippen LogP contribution < -0.4 is 0 Å². The maximum atomic E-state index is 11.3. The van der Waals surface area contributed by atoms with Gasteiger partial charge in [0.15, 0.2) is 0 Å². The number of esters is 1. The van der Waals surface area contributed by atoms with Crippen LogP contribution in [0.5, 0.6) is 0 Å². The van der Waals surface area contributed by atoms with Gasteiger partial charge in [0.2, 0.25) is 0 Å². The summed E-state index contributed by atoms with van der Waals surface area (Å²) in [4.78, 5) is 11.3. The van der Waals surface area contributed by atoms with Gasteiger partial charge in [-0.1, -0.05) is 27.2 Å². The molecule has 0 aliphatic heterocycles. The highest BCUT2D eigenvalue weighted by Gasteiger charge is 2.50. The zero-order chi connectivity index (χ0) is 14.5. The van der Waals surface area contributed by atoms with Crippen LogP contribution in [0.1, 0.15) is 66.2 Å². The molecular formula is C16H30O3. The molecule has 2 atom stereocenters. The highest BCUT2D eigenvalue weighted by atomic mass is 16.5. The number of hydrogen-bond donors (Lipinski definition) is 1. The molecule has 1 aliphatic rings. The zero-order valence-corrected chi connectivity index (χ0v) is 13.0. The second kappa shape index (κ2) is 6.74. The Kier molecular flexibility index (Phi) is 5.84. The van der Waals surface area contributed by atoms with Gasteiger partial charge in [0, 0.05) is 13.0 Å². The van der Waals surface area contributed by atoms with Gasteiger partial charge in [0.05, 0.1) is 6.61 Å². The first-order valence-electron chi connectivity index (χ1n) is 7.64. The third-order valence-electron chi connectivity index (χ3n) is 5.46. The average Bonchev–Trinajstić information content (AvgIpc) is 2.58. The minimum absolute atomic E-state index is 0.0544. The number of rotatable bonds is 7. The van der Waals surface area contributed by atoms with Gasteiger partial charge in [-0.2, -0.15) is 0 Å². The van der Waals surface area contributed by atoms with Gasteiger partial charge in [-0.05, 0) is 49.4 Å². The summed E-state index contributed by atoms with van der Waals surface area (Å²) < 4.78 is 4.93. The fourth-order valence-electron chi connectivity index (χ4n) is 3.35. The Labute approximate surface area is 117 Å². The Morgan fingerprint density at radius 1 is 1.32 bits per heavy atom. The minimum atomic E-state index is -0.0756. The molecule has 1 unspecified atom stereocenters. The van der Waals surface area contributed by atoms with Gasteiger partial charge in [-0.25, -0.2) is 0 Å². The average molecular weight is 270 g/mol. The smallest absolute Gasteiger partial charge is 0.305 e. The van der Waals surface area contributed by atoms with Crippen molar-refractivity contribution >= 4 is 5.97 Å². The van der Waals surface area contributed by atoms with Gasteiger partial charge in [-0.3, -0.25) is 4.79 Å². The van der Waals surface area contributed by atoms with Gasteiger partial charge < -0.3 is 9.84 Å². The number of carbonyl (C=O) groups is 1. The van der Waals surface area contributed by atoms with E-state index in [1.165, 1.54) is 6.42 Å². The quantitative estimate of drug-likeness (QED) is 0.568. The second-order valence-electron chi connectivity index (χ2n) is 6.73. The van der Waals surface area contributed by atoms with Crippen molar-refractivity contribution in [2.24, 2.45) is 16.7 Å². The van der Waals surface area contributed by atoms with Crippen molar-refractivity contribution in [2.75, 3.05) is 13.2 Å². The highest BCUT2D eigenvalue weighted by molar-refractivity contribution is 5.69. The Morgan fingerprint density at radius 3 is 2.53 bits per heavy atom. The Balaban J connectivity index is 2.33. The molecule has 3 heteroatoms. The lowest BCUT2D eigenvalue weighted by Gasteiger charge is -2.40. The number of unbranched alkanes of at least 4 members (excludes halogenated alkanes) is 1. The van der Waals surface area contributed by atoms with Crippen LogP contribution in [0.2, 0.25) is 0 Å². The summed E-state index contributed by atoms with van der Waals surface area (Å²) in [5.41, 5.74) is 0.241. The summed E-state index contributed by atoms with van der Waals surface area (Å²) in [6.07, 6.45) is 6.00. The van der Waals surface area contributed by atoms with Crippen molar-refractivity contribution in [3.8, 4) is 0 Å². The Bertz CT molecular complexity index is 298. The molecule has 0 aromatic rings. The van der Waals surface area contributed by atoms with Crippen LogP contribution in [0.3, 0.4) is 0 Å². The predicted molar refractivity (Wildman–Crippen MR) is 76.8 cm³/mol. The molecule has 3 nitrogen and oxygen atoms in total. The molecule has 112 valence electrons. The fraction of sp³-hybridized carbons (Fsp3) is 0.938. The van der Waals surface area contributed by atoms with Crippen LogP contribution in [0.15, 0.2) is 0 Å². The maximum absolute atomic E-state index is 11.3. The normalized spacial score (nSPS) is 29.4. The molecule has 0 bridgehead atoms. The van der Waals surface area contributed by atoms with Gasteiger partial charge in [0.25, 0.3) is 0 Å². The first-order chi connectivity index (χ1) is 8.87. The van der Waals surface area contributed by atoms with Crippen LogP contribution in [0.4, 0.5) is 0 Å². The SMILES string of the molecule is CCOC(=O)CCCC[C@H]1CCC(C)(CO)C1(C)C. The number of carbonyl (C=O) groups excluding carboxylic acids is 1. The lowest BCUT2D eigenvalue weighted by Crippen LogP contribution is -2.37. The van der Waals surface area contributed by atoms with E-state index in [4.69, 9.17) is 4.74 Å². The van der Waals surface area contributed by atoms with Gasteiger partial charge in [0.1, 0.15) is 0 Å². The molecule has 0 radical (unpaired) electrons. The predicted octanol–water partition coefficient (Wildman–Crippen LogP) is 3.54. The van der Waals surface area contributed by atoms with E-state index in [0.29, 0.717) is 18.9 Å². The summed E-state index contributed by atoms with van der Waals surface area (Å²) in [5.74, 6) is 0.584. The Morgan fingerprint density at radius 2 is 2.00 bits per heavy atom. The zero-order valence-electron chi connectivity index (χ0n) is 13.0. The van der Waals surface area contributed by atoms with Crippen LogP contribution in [0, 0.1) is 16.7 Å². The summed E-state index contributed by atoms with van der Waals surface area (Å²) in [7, 11) is 0. The standard InChI is InChI=1S/C16H30O3/c1-5-19-14(18)9-7-6-8-13-10-11-16(4,12-17)15(13,2)3/h13,17H,5-12H2,1-4H3/t13-,16?/m0/s1. The monoisotopic (exact) mass is 270 g/mol. The van der Waals surface area contributed by atoms with E-state index in [0.717, 1.165) is 25.7 Å². The van der Waals surface area contributed by atoms with Crippen molar-refractivity contribution in [1.29, 1.82) is 0 Å². The first kappa shape index (κ1) is 16.5. The van der Waals surface area contributed by atoms with Crippen molar-refractivity contribution in [1.82, 2.24) is 0 Å². The summed E-state index contributed by atoms with van der Waals surface area (Å²) in [6, 6.07) is 0. The van der Waals surface area contributed by atoms with E-state index >= 15 is 0 Å². The molecule has 1 aliphatic carbocycles. The van der Waals surface area contributed by atoms with Crippen molar-refractivity contribution in [2.45, 2.75) is 66.2 Å². The molecule has 0 spiro atoms. The van der Waals surface area contributed by atoms with E-state index in [1.54, 1.807) is 0 Å². The highest BCUT2D eigenvalue weighted by Crippen LogP contribution is 2.56. The topological polar surface area (TPSA) is 46.5 Å². The lowest BCUT2D eigenvalue weighted by molar-refractivity contribution is -0.143. The van der Waals surface area contributed by atoms with Gasteiger partial charge in [-0.15, -0.1) is 0 Å². The molecule has 1 rings (SSSR count). The maximum Gasteiger partial charge on any atom is 0.305 e. The van der Waals surface area contributed by atoms with Crippen molar-refractivity contribution in [3.63, 3.8) is 0 Å². The number of aliphatic hydroxyl groups is 1. The van der Waals surface area contributed by atoms with E-state index in [-0.39, 0.29) is 23.4 Å². The Hall–Kier alpha value is -0.570. The molecular weight excluding hydrogens is 240 g/mol. The lowest BCUT2D eigenvalue weighted by atomic mass is 9.65. The fourth-order valence-corrected chi connectivity index (χ4v) is 3.35. The van der Waals surface area contributed by atoms with E-state index in [2.05, 4.69) is 20.8 Å². The van der Waals surface area contributed by atoms with E-state index < -0.39 is 0 Å². The van der Waals surface area contributed by atoms with Crippen LogP contribution in [-0.4, -0.2) is 24.3 Å². The van der Waals surface area contributed by atoms with Crippen molar-refractivity contribution in [3.05, 3.63) is 0 Å². The summed E-state index contributed by atoms with van der Waals surface area (Å²) in [5, 5.41) is 9.62. The van der Waals surface area contributed by atoms with E-state index in [1.807, 2.05) is 6.92 Å². The van der Waals surface area contributed by atoms with Crippen LogP contribution >= 0.6 is 0 Å². The molecule has 0 amide bonds.